The Labute approximate surface area is 125 Å². The van der Waals surface area contributed by atoms with Gasteiger partial charge in [-0.05, 0) is 42.6 Å². The number of rotatable bonds is 3. The van der Waals surface area contributed by atoms with Gasteiger partial charge in [-0.15, -0.1) is 0 Å². The number of hydrogen-bond acceptors (Lipinski definition) is 2. The van der Waals surface area contributed by atoms with Crippen molar-refractivity contribution in [3.05, 3.63) is 48.0 Å². The van der Waals surface area contributed by atoms with Crippen molar-refractivity contribution in [1.29, 1.82) is 0 Å². The van der Waals surface area contributed by atoms with Gasteiger partial charge in [-0.25, -0.2) is 0 Å². The van der Waals surface area contributed by atoms with E-state index in [0.29, 0.717) is 0 Å². The third-order valence-corrected chi connectivity index (χ3v) is 4.32. The molecule has 1 fully saturated rings. The van der Waals surface area contributed by atoms with Crippen LogP contribution in [0.15, 0.2) is 42.5 Å². The summed E-state index contributed by atoms with van der Waals surface area (Å²) in [6, 6.07) is 14.6. The second-order valence-electron chi connectivity index (χ2n) is 5.84. The third kappa shape index (κ3) is 3.08. The van der Waals surface area contributed by atoms with Crippen LogP contribution in [-0.2, 0) is 4.79 Å². The van der Waals surface area contributed by atoms with Crippen LogP contribution < -0.4 is 10.6 Å². The van der Waals surface area contributed by atoms with E-state index in [1.54, 1.807) is 0 Å². The van der Waals surface area contributed by atoms with Crippen molar-refractivity contribution in [1.82, 2.24) is 10.6 Å². The van der Waals surface area contributed by atoms with Gasteiger partial charge in [0.15, 0.2) is 0 Å². The zero-order chi connectivity index (χ0) is 14.7. The van der Waals surface area contributed by atoms with Crippen LogP contribution >= 0.6 is 0 Å². The average molecular weight is 282 g/mol. The quantitative estimate of drug-likeness (QED) is 0.908. The summed E-state index contributed by atoms with van der Waals surface area (Å²) in [4.78, 5) is 12.4. The highest BCUT2D eigenvalue weighted by Crippen LogP contribution is 2.24. The minimum atomic E-state index is 0.0329. The van der Waals surface area contributed by atoms with Gasteiger partial charge in [-0.3, -0.25) is 4.79 Å². The Morgan fingerprint density at radius 1 is 1.24 bits per heavy atom. The summed E-state index contributed by atoms with van der Waals surface area (Å²) in [7, 11) is 0. The average Bonchev–Trinajstić information content (AvgIpc) is 2.55. The maximum Gasteiger partial charge on any atom is 0.224 e. The van der Waals surface area contributed by atoms with Gasteiger partial charge in [-0.2, -0.15) is 0 Å². The van der Waals surface area contributed by atoms with Gasteiger partial charge in [-0.1, -0.05) is 42.5 Å². The molecule has 0 aliphatic carbocycles. The van der Waals surface area contributed by atoms with Crippen LogP contribution in [0.3, 0.4) is 0 Å². The highest BCUT2D eigenvalue weighted by molar-refractivity contribution is 5.87. The molecule has 2 atom stereocenters. The number of piperidine rings is 1. The Morgan fingerprint density at radius 3 is 2.86 bits per heavy atom. The molecule has 1 saturated heterocycles. The van der Waals surface area contributed by atoms with Gasteiger partial charge in [0.1, 0.15) is 0 Å². The van der Waals surface area contributed by atoms with Gasteiger partial charge >= 0.3 is 0 Å². The van der Waals surface area contributed by atoms with Gasteiger partial charge < -0.3 is 10.6 Å². The Balaban J connectivity index is 1.77. The standard InChI is InChI=1S/C18H22N2O/c1-13(20-18(21)15-8-5-11-19-12-15)16-10-4-7-14-6-2-3-9-17(14)16/h2-4,6-7,9-10,13,15,19H,5,8,11-12H2,1H3,(H,20,21)/t13?,15-/m1/s1. The van der Waals surface area contributed by atoms with Crippen LogP contribution in [0, 0.1) is 5.92 Å². The number of benzene rings is 2. The Bertz CT molecular complexity index is 627. The van der Waals surface area contributed by atoms with Crippen molar-refractivity contribution >= 4 is 16.7 Å². The maximum atomic E-state index is 12.4. The molecule has 2 aromatic rings. The first kappa shape index (κ1) is 14.1. The fourth-order valence-electron chi connectivity index (χ4n) is 3.11. The highest BCUT2D eigenvalue weighted by Gasteiger charge is 2.22. The molecule has 1 amide bonds. The molecule has 0 aromatic heterocycles. The molecule has 3 nitrogen and oxygen atoms in total. The first-order valence-electron chi connectivity index (χ1n) is 7.74. The maximum absolute atomic E-state index is 12.4. The van der Waals surface area contributed by atoms with E-state index >= 15 is 0 Å². The first-order valence-corrected chi connectivity index (χ1v) is 7.74. The molecular weight excluding hydrogens is 260 g/mol. The predicted molar refractivity (Wildman–Crippen MR) is 86.1 cm³/mol. The van der Waals surface area contributed by atoms with Gasteiger partial charge in [0.25, 0.3) is 0 Å². The second kappa shape index (κ2) is 6.27. The Kier molecular flexibility index (Phi) is 4.20. The van der Waals surface area contributed by atoms with E-state index in [1.807, 2.05) is 12.1 Å². The predicted octanol–water partition coefficient (Wildman–Crippen LogP) is 3.02. The molecule has 0 radical (unpaired) electrons. The van der Waals surface area contributed by atoms with Crippen molar-refractivity contribution in [3.8, 4) is 0 Å². The van der Waals surface area contributed by atoms with Gasteiger partial charge in [0.2, 0.25) is 5.91 Å². The summed E-state index contributed by atoms with van der Waals surface area (Å²) >= 11 is 0. The minimum Gasteiger partial charge on any atom is -0.349 e. The third-order valence-electron chi connectivity index (χ3n) is 4.32. The molecule has 1 aliphatic rings. The van der Waals surface area contributed by atoms with Crippen molar-refractivity contribution in [2.75, 3.05) is 13.1 Å². The molecular formula is C18H22N2O. The van der Waals surface area contributed by atoms with Crippen LogP contribution in [0.4, 0.5) is 0 Å². The normalized spacial score (nSPS) is 20.1. The van der Waals surface area contributed by atoms with E-state index in [4.69, 9.17) is 0 Å². The molecule has 2 N–H and O–H groups in total. The fourth-order valence-corrected chi connectivity index (χ4v) is 3.11. The lowest BCUT2D eigenvalue weighted by Gasteiger charge is -2.24. The summed E-state index contributed by atoms with van der Waals surface area (Å²) in [6.45, 7) is 3.90. The first-order chi connectivity index (χ1) is 10.3. The van der Waals surface area contributed by atoms with Crippen molar-refractivity contribution in [2.45, 2.75) is 25.8 Å². The smallest absolute Gasteiger partial charge is 0.224 e. The number of nitrogens with one attached hydrogen (secondary N) is 2. The van der Waals surface area contributed by atoms with Crippen LogP contribution in [-0.4, -0.2) is 19.0 Å². The summed E-state index contributed by atoms with van der Waals surface area (Å²) in [5.74, 6) is 0.277. The fraction of sp³-hybridized carbons (Fsp3) is 0.389. The van der Waals surface area contributed by atoms with Gasteiger partial charge in [0, 0.05) is 6.54 Å². The van der Waals surface area contributed by atoms with Crippen LogP contribution in [0.25, 0.3) is 10.8 Å². The van der Waals surface area contributed by atoms with Crippen LogP contribution in [0.1, 0.15) is 31.4 Å². The molecule has 110 valence electrons. The number of carbonyl (C=O) groups is 1. The zero-order valence-electron chi connectivity index (χ0n) is 12.4. The molecule has 2 aromatic carbocycles. The summed E-state index contributed by atoms with van der Waals surface area (Å²) in [5.41, 5.74) is 1.19. The Morgan fingerprint density at radius 2 is 2.05 bits per heavy atom. The van der Waals surface area contributed by atoms with E-state index in [1.165, 1.54) is 16.3 Å². The molecule has 1 aliphatic heterocycles. The molecule has 0 saturated carbocycles. The number of amides is 1. The molecule has 21 heavy (non-hydrogen) atoms. The van der Waals surface area contributed by atoms with E-state index in [2.05, 4.69) is 47.9 Å². The largest absolute Gasteiger partial charge is 0.349 e. The molecule has 3 heteroatoms. The lowest BCUT2D eigenvalue weighted by atomic mass is 9.96. The van der Waals surface area contributed by atoms with E-state index < -0.39 is 0 Å². The lowest BCUT2D eigenvalue weighted by Crippen LogP contribution is -2.41. The monoisotopic (exact) mass is 282 g/mol. The van der Waals surface area contributed by atoms with Gasteiger partial charge in [0.05, 0.1) is 12.0 Å². The van der Waals surface area contributed by atoms with Crippen LogP contribution in [0.2, 0.25) is 0 Å². The lowest BCUT2D eigenvalue weighted by molar-refractivity contribution is -0.126. The summed E-state index contributed by atoms with van der Waals surface area (Å²) in [6.07, 6.45) is 2.07. The molecule has 0 spiro atoms. The minimum absolute atomic E-state index is 0.0329. The van der Waals surface area contributed by atoms with E-state index in [9.17, 15) is 4.79 Å². The number of carbonyl (C=O) groups excluding carboxylic acids is 1. The van der Waals surface area contributed by atoms with E-state index in [0.717, 1.165) is 25.9 Å². The second-order valence-corrected chi connectivity index (χ2v) is 5.84. The van der Waals surface area contributed by atoms with Crippen molar-refractivity contribution in [3.63, 3.8) is 0 Å². The summed E-state index contributed by atoms with van der Waals surface area (Å²) < 4.78 is 0. The summed E-state index contributed by atoms with van der Waals surface area (Å²) in [5, 5.41) is 8.91. The van der Waals surface area contributed by atoms with Crippen molar-refractivity contribution < 1.29 is 4.79 Å². The zero-order valence-corrected chi connectivity index (χ0v) is 12.4. The van der Waals surface area contributed by atoms with Crippen molar-refractivity contribution in [2.24, 2.45) is 5.92 Å². The highest BCUT2D eigenvalue weighted by atomic mass is 16.1. The molecule has 1 heterocycles. The van der Waals surface area contributed by atoms with E-state index in [-0.39, 0.29) is 17.9 Å². The number of fused-ring (bicyclic) bond motifs is 1. The topological polar surface area (TPSA) is 41.1 Å². The van der Waals surface area contributed by atoms with Crippen LogP contribution in [0.5, 0.6) is 0 Å². The number of hydrogen-bond donors (Lipinski definition) is 2. The molecule has 1 unspecified atom stereocenters. The SMILES string of the molecule is CC(NC(=O)[C@@H]1CCCNC1)c1cccc2ccccc12. The molecule has 3 rings (SSSR count). The Hall–Kier alpha value is -1.87. The molecule has 0 bridgehead atoms.